The van der Waals surface area contributed by atoms with Crippen molar-refractivity contribution in [2.75, 3.05) is 13.1 Å². The SMILES string of the molecule is Cc1nc2ncccn2c1C(=O)N1CCC[C@H](c2nccn2CC(N)=O)C1. The van der Waals surface area contributed by atoms with Crippen LogP contribution >= 0.6 is 0 Å². The van der Waals surface area contributed by atoms with Gasteiger partial charge in [-0.3, -0.25) is 14.0 Å². The third kappa shape index (κ3) is 3.16. The van der Waals surface area contributed by atoms with Crippen molar-refractivity contribution in [3.8, 4) is 0 Å². The van der Waals surface area contributed by atoms with E-state index in [2.05, 4.69) is 15.0 Å². The molecule has 3 aromatic heterocycles. The summed E-state index contributed by atoms with van der Waals surface area (Å²) < 4.78 is 3.50. The minimum absolute atomic E-state index is 0.0642. The smallest absolute Gasteiger partial charge is 0.272 e. The van der Waals surface area contributed by atoms with E-state index in [1.54, 1.807) is 39.8 Å². The molecule has 0 spiro atoms. The van der Waals surface area contributed by atoms with E-state index in [0.29, 0.717) is 30.3 Å². The highest BCUT2D eigenvalue weighted by atomic mass is 16.2. The predicted octanol–water partition coefficient (Wildman–Crippen LogP) is 0.739. The summed E-state index contributed by atoms with van der Waals surface area (Å²) in [4.78, 5) is 39.3. The Hall–Kier alpha value is -3.23. The number of amides is 2. The number of aryl methyl sites for hydroxylation is 1. The summed E-state index contributed by atoms with van der Waals surface area (Å²) in [5, 5.41) is 0. The fourth-order valence-electron chi connectivity index (χ4n) is 3.76. The van der Waals surface area contributed by atoms with Gasteiger partial charge in [-0.2, -0.15) is 0 Å². The van der Waals surface area contributed by atoms with Gasteiger partial charge in [0.25, 0.3) is 5.91 Å². The van der Waals surface area contributed by atoms with E-state index in [-0.39, 0.29) is 18.4 Å². The van der Waals surface area contributed by atoms with Gasteiger partial charge in [-0.1, -0.05) is 0 Å². The number of imidazole rings is 2. The quantitative estimate of drug-likeness (QED) is 0.731. The molecular formula is C18H21N7O2. The van der Waals surface area contributed by atoms with Crippen LogP contribution in [0.3, 0.4) is 0 Å². The Morgan fingerprint density at radius 1 is 1.26 bits per heavy atom. The number of hydrogen-bond acceptors (Lipinski definition) is 5. The van der Waals surface area contributed by atoms with Gasteiger partial charge in [-0.15, -0.1) is 0 Å². The normalized spacial score (nSPS) is 17.4. The Bertz CT molecular complexity index is 1010. The minimum Gasteiger partial charge on any atom is -0.368 e. The topological polar surface area (TPSA) is 111 Å². The van der Waals surface area contributed by atoms with Crippen LogP contribution in [0.15, 0.2) is 30.9 Å². The number of aromatic nitrogens is 5. The Labute approximate surface area is 155 Å². The van der Waals surface area contributed by atoms with Crippen molar-refractivity contribution in [3.63, 3.8) is 0 Å². The lowest BCUT2D eigenvalue weighted by Gasteiger charge is -2.32. The highest BCUT2D eigenvalue weighted by molar-refractivity contribution is 5.94. The van der Waals surface area contributed by atoms with Crippen LogP contribution in [0.25, 0.3) is 5.78 Å². The first-order valence-corrected chi connectivity index (χ1v) is 8.93. The van der Waals surface area contributed by atoms with Crippen LogP contribution in [0.1, 0.15) is 40.8 Å². The number of primary amides is 1. The van der Waals surface area contributed by atoms with Gasteiger partial charge in [-0.05, 0) is 25.8 Å². The zero-order valence-corrected chi connectivity index (χ0v) is 15.1. The van der Waals surface area contributed by atoms with Crippen molar-refractivity contribution < 1.29 is 9.59 Å². The largest absolute Gasteiger partial charge is 0.368 e. The molecule has 0 bridgehead atoms. The standard InChI is InChI=1S/C18H21N7O2/c1-12-15(25-8-3-5-21-18(25)22-12)17(27)24-7-2-4-13(10-24)16-20-6-9-23(16)11-14(19)26/h3,5-6,8-9,13H,2,4,7,10-11H2,1H3,(H2,19,26)/t13-/m0/s1. The van der Waals surface area contributed by atoms with Crippen molar-refractivity contribution in [3.05, 3.63) is 48.1 Å². The molecule has 1 aliphatic heterocycles. The summed E-state index contributed by atoms with van der Waals surface area (Å²) in [5.41, 5.74) is 6.53. The number of rotatable bonds is 4. The van der Waals surface area contributed by atoms with Crippen LogP contribution < -0.4 is 5.73 Å². The first-order valence-electron chi connectivity index (χ1n) is 8.93. The second-order valence-corrected chi connectivity index (χ2v) is 6.81. The summed E-state index contributed by atoms with van der Waals surface area (Å²) in [6, 6.07) is 1.78. The molecule has 140 valence electrons. The molecule has 1 saturated heterocycles. The number of fused-ring (bicyclic) bond motifs is 1. The van der Waals surface area contributed by atoms with Crippen LogP contribution in [-0.2, 0) is 11.3 Å². The number of hydrogen-bond donors (Lipinski definition) is 1. The third-order valence-corrected chi connectivity index (χ3v) is 4.93. The Morgan fingerprint density at radius 3 is 2.93 bits per heavy atom. The summed E-state index contributed by atoms with van der Waals surface area (Å²) in [6.07, 6.45) is 8.66. The number of carbonyl (C=O) groups is 2. The average Bonchev–Trinajstić information content (AvgIpc) is 3.24. The molecule has 0 aliphatic carbocycles. The molecule has 3 aromatic rings. The fraction of sp³-hybridized carbons (Fsp3) is 0.389. The summed E-state index contributed by atoms with van der Waals surface area (Å²) in [7, 11) is 0. The van der Waals surface area contributed by atoms with Gasteiger partial charge in [0.2, 0.25) is 11.7 Å². The molecule has 0 aromatic carbocycles. The van der Waals surface area contributed by atoms with Gasteiger partial charge < -0.3 is 15.2 Å². The average molecular weight is 367 g/mol. The highest BCUT2D eigenvalue weighted by Crippen LogP contribution is 2.27. The molecule has 1 fully saturated rings. The van der Waals surface area contributed by atoms with Crippen molar-refractivity contribution in [2.45, 2.75) is 32.2 Å². The number of piperidine rings is 1. The van der Waals surface area contributed by atoms with Crippen LogP contribution in [0.4, 0.5) is 0 Å². The molecule has 2 N–H and O–H groups in total. The van der Waals surface area contributed by atoms with Gasteiger partial charge in [0.05, 0.1) is 5.69 Å². The van der Waals surface area contributed by atoms with E-state index in [9.17, 15) is 9.59 Å². The Kier molecular flexibility index (Phi) is 4.35. The van der Waals surface area contributed by atoms with Crippen LogP contribution in [0, 0.1) is 6.92 Å². The molecule has 0 unspecified atom stereocenters. The number of carbonyl (C=O) groups excluding carboxylic acids is 2. The molecule has 27 heavy (non-hydrogen) atoms. The lowest BCUT2D eigenvalue weighted by Crippen LogP contribution is -2.40. The molecule has 9 heteroatoms. The molecular weight excluding hydrogens is 346 g/mol. The van der Waals surface area contributed by atoms with Crippen LogP contribution in [0.5, 0.6) is 0 Å². The third-order valence-electron chi connectivity index (χ3n) is 4.93. The van der Waals surface area contributed by atoms with E-state index < -0.39 is 5.91 Å². The van der Waals surface area contributed by atoms with Crippen molar-refractivity contribution in [1.29, 1.82) is 0 Å². The van der Waals surface area contributed by atoms with E-state index >= 15 is 0 Å². The van der Waals surface area contributed by atoms with Gasteiger partial charge in [0.1, 0.15) is 18.1 Å². The summed E-state index contributed by atoms with van der Waals surface area (Å²) in [6.45, 7) is 3.14. The van der Waals surface area contributed by atoms with Crippen molar-refractivity contribution in [1.82, 2.24) is 28.8 Å². The zero-order valence-electron chi connectivity index (χ0n) is 15.1. The second kappa shape index (κ2) is 6.82. The Morgan fingerprint density at radius 2 is 2.11 bits per heavy atom. The second-order valence-electron chi connectivity index (χ2n) is 6.81. The van der Waals surface area contributed by atoms with Crippen LogP contribution in [-0.4, -0.2) is 53.7 Å². The van der Waals surface area contributed by atoms with Gasteiger partial charge in [0.15, 0.2) is 0 Å². The first kappa shape index (κ1) is 17.2. The molecule has 4 rings (SSSR count). The molecule has 2 amide bonds. The molecule has 9 nitrogen and oxygen atoms in total. The fourth-order valence-corrected chi connectivity index (χ4v) is 3.76. The zero-order chi connectivity index (χ0) is 19.0. The maximum absolute atomic E-state index is 13.2. The maximum atomic E-state index is 13.2. The van der Waals surface area contributed by atoms with E-state index in [1.165, 1.54) is 0 Å². The maximum Gasteiger partial charge on any atom is 0.272 e. The molecule has 0 saturated carbocycles. The van der Waals surface area contributed by atoms with Gasteiger partial charge >= 0.3 is 0 Å². The first-order chi connectivity index (χ1) is 13.0. The number of nitrogens with zero attached hydrogens (tertiary/aromatic N) is 6. The van der Waals surface area contributed by atoms with E-state index in [4.69, 9.17) is 5.73 Å². The highest BCUT2D eigenvalue weighted by Gasteiger charge is 2.30. The van der Waals surface area contributed by atoms with E-state index in [0.717, 1.165) is 18.7 Å². The van der Waals surface area contributed by atoms with Gasteiger partial charge in [0, 0.05) is 43.8 Å². The Balaban J connectivity index is 1.60. The number of likely N-dealkylation sites (tertiary alicyclic amines) is 1. The summed E-state index contributed by atoms with van der Waals surface area (Å²) in [5.74, 6) is 0.902. The molecule has 4 heterocycles. The number of nitrogens with two attached hydrogens (primary N) is 1. The van der Waals surface area contributed by atoms with Crippen molar-refractivity contribution in [2.24, 2.45) is 5.73 Å². The lowest BCUT2D eigenvalue weighted by molar-refractivity contribution is -0.118. The van der Waals surface area contributed by atoms with Crippen LogP contribution in [0.2, 0.25) is 0 Å². The summed E-state index contributed by atoms with van der Waals surface area (Å²) >= 11 is 0. The molecule has 1 atom stereocenters. The van der Waals surface area contributed by atoms with Crippen molar-refractivity contribution >= 4 is 17.6 Å². The molecule has 1 aliphatic rings. The molecule has 0 radical (unpaired) electrons. The van der Waals surface area contributed by atoms with Gasteiger partial charge in [-0.25, -0.2) is 15.0 Å². The van der Waals surface area contributed by atoms with E-state index in [1.807, 2.05) is 11.8 Å². The minimum atomic E-state index is -0.410. The monoisotopic (exact) mass is 367 g/mol. The lowest BCUT2D eigenvalue weighted by atomic mass is 9.96. The predicted molar refractivity (Wildman–Crippen MR) is 97.0 cm³/mol.